The van der Waals surface area contributed by atoms with Crippen molar-refractivity contribution in [2.24, 2.45) is 0 Å². The molecule has 0 aliphatic carbocycles. The van der Waals surface area contributed by atoms with Gasteiger partial charge in [0.25, 0.3) is 5.91 Å². The Labute approximate surface area is 155 Å². The molecule has 0 aliphatic heterocycles. The highest BCUT2D eigenvalue weighted by molar-refractivity contribution is 9.10. The smallest absolute Gasteiger partial charge is 0.257 e. The van der Waals surface area contributed by atoms with Gasteiger partial charge in [0.2, 0.25) is 0 Å². The van der Waals surface area contributed by atoms with E-state index < -0.39 is 0 Å². The number of fused-ring (bicyclic) bond motifs is 1. The zero-order valence-corrected chi connectivity index (χ0v) is 15.8. The van der Waals surface area contributed by atoms with Crippen LogP contribution >= 0.6 is 27.3 Å². The van der Waals surface area contributed by atoms with Crippen LogP contribution in [-0.2, 0) is 0 Å². The Morgan fingerprint density at radius 3 is 2.88 bits per heavy atom. The van der Waals surface area contributed by atoms with Gasteiger partial charge in [0.1, 0.15) is 5.82 Å². The number of ether oxygens (including phenoxy) is 2. The summed E-state index contributed by atoms with van der Waals surface area (Å²) in [5.74, 6) is 0.306. The number of halogens is 2. The zero-order chi connectivity index (χ0) is 18.0. The fourth-order valence-electron chi connectivity index (χ4n) is 2.26. The third-order valence-corrected chi connectivity index (χ3v) is 4.87. The van der Waals surface area contributed by atoms with Crippen molar-refractivity contribution in [2.45, 2.75) is 6.92 Å². The molecule has 130 valence electrons. The monoisotopic (exact) mass is 424 g/mol. The van der Waals surface area contributed by atoms with Crippen molar-refractivity contribution in [3.63, 3.8) is 0 Å². The fraction of sp³-hybridized carbons (Fsp3) is 0.176. The number of methoxy groups -OCH3 is 1. The van der Waals surface area contributed by atoms with Crippen LogP contribution in [0, 0.1) is 5.82 Å². The molecule has 0 saturated heterocycles. The lowest BCUT2D eigenvalue weighted by Gasteiger charge is -2.13. The van der Waals surface area contributed by atoms with E-state index in [0.29, 0.717) is 43.5 Å². The Hall–Kier alpha value is -2.19. The number of nitrogens with one attached hydrogen (secondary N) is 1. The van der Waals surface area contributed by atoms with Crippen molar-refractivity contribution >= 4 is 48.5 Å². The summed E-state index contributed by atoms with van der Waals surface area (Å²) in [6.45, 7) is 2.34. The van der Waals surface area contributed by atoms with Gasteiger partial charge in [-0.15, -0.1) is 0 Å². The van der Waals surface area contributed by atoms with E-state index >= 15 is 0 Å². The molecule has 0 saturated carbocycles. The second-order valence-electron chi connectivity index (χ2n) is 5.01. The van der Waals surface area contributed by atoms with Gasteiger partial charge in [-0.3, -0.25) is 10.1 Å². The molecule has 1 N–H and O–H groups in total. The number of hydrogen-bond acceptors (Lipinski definition) is 5. The van der Waals surface area contributed by atoms with Crippen molar-refractivity contribution in [3.8, 4) is 11.5 Å². The molecule has 3 rings (SSSR count). The number of hydrogen-bond donors (Lipinski definition) is 1. The average molecular weight is 425 g/mol. The highest BCUT2D eigenvalue weighted by Gasteiger charge is 2.17. The number of aromatic nitrogens is 1. The fourth-order valence-corrected chi connectivity index (χ4v) is 3.70. The molecule has 0 atom stereocenters. The third kappa shape index (κ3) is 3.74. The van der Waals surface area contributed by atoms with E-state index in [0.717, 1.165) is 0 Å². The highest BCUT2D eigenvalue weighted by atomic mass is 79.9. The molecule has 0 radical (unpaired) electrons. The molecule has 1 aromatic heterocycles. The molecule has 1 heterocycles. The SMILES string of the molecule is CCOc1c(Br)cc(C(=O)Nc2nc3ccc(F)cc3s2)cc1OC. The molecular weight excluding hydrogens is 411 g/mol. The molecule has 0 bridgehead atoms. The minimum atomic E-state index is -0.346. The molecule has 1 amide bonds. The lowest BCUT2D eigenvalue weighted by atomic mass is 10.2. The summed E-state index contributed by atoms with van der Waals surface area (Å²) in [6.07, 6.45) is 0. The Balaban J connectivity index is 1.88. The first-order valence-corrected chi connectivity index (χ1v) is 9.00. The van der Waals surface area contributed by atoms with Crippen molar-refractivity contribution in [2.75, 3.05) is 19.0 Å². The van der Waals surface area contributed by atoms with Crippen molar-refractivity contribution in [1.29, 1.82) is 0 Å². The van der Waals surface area contributed by atoms with Gasteiger partial charge in [-0.2, -0.15) is 0 Å². The minimum absolute atomic E-state index is 0.339. The first-order chi connectivity index (χ1) is 12.0. The summed E-state index contributed by atoms with van der Waals surface area (Å²) < 4.78 is 25.4. The summed E-state index contributed by atoms with van der Waals surface area (Å²) in [5.41, 5.74) is 1.02. The largest absolute Gasteiger partial charge is 0.493 e. The van der Waals surface area contributed by atoms with Gasteiger partial charge in [-0.1, -0.05) is 11.3 Å². The molecule has 0 unspecified atom stereocenters. The van der Waals surface area contributed by atoms with E-state index in [1.807, 2.05) is 6.92 Å². The van der Waals surface area contributed by atoms with E-state index in [9.17, 15) is 9.18 Å². The van der Waals surface area contributed by atoms with Gasteiger partial charge >= 0.3 is 0 Å². The maximum atomic E-state index is 13.3. The first-order valence-electron chi connectivity index (χ1n) is 7.39. The molecule has 0 fully saturated rings. The highest BCUT2D eigenvalue weighted by Crippen LogP contribution is 2.37. The number of carbonyl (C=O) groups excluding carboxylic acids is 1. The van der Waals surface area contributed by atoms with Crippen LogP contribution in [0.4, 0.5) is 9.52 Å². The Bertz CT molecular complexity index is 945. The van der Waals surface area contributed by atoms with Gasteiger partial charge in [0.05, 0.1) is 28.4 Å². The van der Waals surface area contributed by atoms with E-state index in [4.69, 9.17) is 9.47 Å². The van der Waals surface area contributed by atoms with Crippen LogP contribution in [0.2, 0.25) is 0 Å². The third-order valence-electron chi connectivity index (χ3n) is 3.35. The van der Waals surface area contributed by atoms with Gasteiger partial charge in [0.15, 0.2) is 16.6 Å². The Kier molecular flexibility index (Phi) is 5.19. The minimum Gasteiger partial charge on any atom is -0.493 e. The molecule has 0 aliphatic rings. The maximum Gasteiger partial charge on any atom is 0.257 e. The van der Waals surface area contributed by atoms with Crippen molar-refractivity contribution < 1.29 is 18.7 Å². The van der Waals surface area contributed by atoms with Crippen LogP contribution in [-0.4, -0.2) is 24.6 Å². The second-order valence-corrected chi connectivity index (χ2v) is 6.89. The lowest BCUT2D eigenvalue weighted by Crippen LogP contribution is -2.12. The Morgan fingerprint density at radius 1 is 1.36 bits per heavy atom. The van der Waals surface area contributed by atoms with Gasteiger partial charge < -0.3 is 9.47 Å². The number of anilines is 1. The van der Waals surface area contributed by atoms with Crippen LogP contribution in [0.25, 0.3) is 10.2 Å². The van der Waals surface area contributed by atoms with Crippen molar-refractivity contribution in [3.05, 3.63) is 46.2 Å². The number of benzene rings is 2. The molecular formula is C17H14BrFN2O3S. The van der Waals surface area contributed by atoms with Crippen LogP contribution in [0.1, 0.15) is 17.3 Å². The Morgan fingerprint density at radius 2 is 2.16 bits per heavy atom. The standard InChI is InChI=1S/C17H14BrFN2O3S/c1-3-24-15-11(18)6-9(7-13(15)23-2)16(22)21-17-20-12-5-4-10(19)8-14(12)25-17/h4-8H,3H2,1-2H3,(H,20,21,22). The molecule has 8 heteroatoms. The quantitative estimate of drug-likeness (QED) is 0.635. The van der Waals surface area contributed by atoms with Gasteiger partial charge in [0, 0.05) is 5.56 Å². The number of thiazole rings is 1. The number of nitrogens with zero attached hydrogens (tertiary/aromatic N) is 1. The molecule has 3 aromatic rings. The van der Waals surface area contributed by atoms with E-state index in [2.05, 4.69) is 26.2 Å². The van der Waals surface area contributed by atoms with Crippen molar-refractivity contribution in [1.82, 2.24) is 4.98 Å². The lowest BCUT2D eigenvalue weighted by molar-refractivity contribution is 0.102. The number of rotatable bonds is 5. The van der Waals surface area contributed by atoms with E-state index in [1.165, 1.54) is 30.6 Å². The van der Waals surface area contributed by atoms with E-state index in [1.54, 1.807) is 18.2 Å². The summed E-state index contributed by atoms with van der Waals surface area (Å²) in [4.78, 5) is 16.8. The predicted octanol–water partition coefficient (Wildman–Crippen LogP) is 4.86. The van der Waals surface area contributed by atoms with Crippen LogP contribution in [0.15, 0.2) is 34.8 Å². The number of carbonyl (C=O) groups is 1. The second kappa shape index (κ2) is 7.37. The van der Waals surface area contributed by atoms with Gasteiger partial charge in [-0.25, -0.2) is 9.37 Å². The van der Waals surface area contributed by atoms with Crippen LogP contribution in [0.5, 0.6) is 11.5 Å². The molecule has 5 nitrogen and oxygen atoms in total. The summed E-state index contributed by atoms with van der Waals surface area (Å²) in [7, 11) is 1.51. The first kappa shape index (κ1) is 17.6. The number of amides is 1. The zero-order valence-electron chi connectivity index (χ0n) is 13.4. The van der Waals surface area contributed by atoms with Crippen LogP contribution in [0.3, 0.4) is 0 Å². The summed E-state index contributed by atoms with van der Waals surface area (Å²) in [6, 6.07) is 7.54. The summed E-state index contributed by atoms with van der Waals surface area (Å²) >= 11 is 4.60. The van der Waals surface area contributed by atoms with Gasteiger partial charge in [-0.05, 0) is 53.2 Å². The molecule has 0 spiro atoms. The predicted molar refractivity (Wildman–Crippen MR) is 99.4 cm³/mol. The average Bonchev–Trinajstić information content (AvgIpc) is 2.97. The van der Waals surface area contributed by atoms with Crippen LogP contribution < -0.4 is 14.8 Å². The molecule has 2 aromatic carbocycles. The summed E-state index contributed by atoms with van der Waals surface area (Å²) in [5, 5.41) is 3.12. The normalized spacial score (nSPS) is 10.7. The maximum absolute atomic E-state index is 13.3. The topological polar surface area (TPSA) is 60.5 Å². The van der Waals surface area contributed by atoms with E-state index in [-0.39, 0.29) is 11.7 Å². The molecule has 25 heavy (non-hydrogen) atoms.